The van der Waals surface area contributed by atoms with Crippen molar-refractivity contribution in [3.8, 4) is 5.75 Å². The second-order valence-corrected chi connectivity index (χ2v) is 5.48. The van der Waals surface area contributed by atoms with Crippen LogP contribution in [0.15, 0.2) is 36.9 Å². The predicted molar refractivity (Wildman–Crippen MR) is 86.4 cm³/mol. The fraction of sp³-hybridized carbons (Fsp3) is 0.333. The van der Waals surface area contributed by atoms with Crippen LogP contribution in [0, 0.1) is 5.92 Å². The van der Waals surface area contributed by atoms with E-state index in [0.717, 1.165) is 6.54 Å². The van der Waals surface area contributed by atoms with E-state index >= 15 is 0 Å². The average Bonchev–Trinajstić information content (AvgIpc) is 2.98. The van der Waals surface area contributed by atoms with Gasteiger partial charge in [0.1, 0.15) is 5.75 Å². The van der Waals surface area contributed by atoms with E-state index in [0.29, 0.717) is 23.0 Å². The molecule has 22 heavy (non-hydrogen) atoms. The molecule has 1 atom stereocenters. The Morgan fingerprint density at radius 1 is 1.50 bits per heavy atom. The van der Waals surface area contributed by atoms with Crippen LogP contribution >= 0.6 is 11.6 Å². The maximum absolute atomic E-state index is 12.0. The summed E-state index contributed by atoms with van der Waals surface area (Å²) in [6.45, 7) is 3.40. The van der Waals surface area contributed by atoms with Gasteiger partial charge in [-0.25, -0.2) is 9.78 Å². The van der Waals surface area contributed by atoms with Gasteiger partial charge < -0.3 is 19.9 Å². The molecule has 2 amide bonds. The molecule has 0 fully saturated rings. The second-order valence-electron chi connectivity index (χ2n) is 5.04. The Bertz CT molecular complexity index is 616. The van der Waals surface area contributed by atoms with Crippen LogP contribution in [0.25, 0.3) is 0 Å². The van der Waals surface area contributed by atoms with Crippen molar-refractivity contribution in [1.82, 2.24) is 14.9 Å². The number of ether oxygens (including phenoxy) is 1. The molecule has 0 aliphatic rings. The van der Waals surface area contributed by atoms with Gasteiger partial charge >= 0.3 is 6.03 Å². The summed E-state index contributed by atoms with van der Waals surface area (Å²) in [5, 5.41) is 6.10. The summed E-state index contributed by atoms with van der Waals surface area (Å²) in [4.78, 5) is 15.9. The summed E-state index contributed by atoms with van der Waals surface area (Å²) in [6, 6.07) is 4.77. The lowest BCUT2D eigenvalue weighted by Crippen LogP contribution is -2.33. The van der Waals surface area contributed by atoms with Gasteiger partial charge in [0.2, 0.25) is 0 Å². The zero-order chi connectivity index (χ0) is 15.9. The Balaban J connectivity index is 1.84. The molecule has 0 saturated heterocycles. The third-order valence-electron chi connectivity index (χ3n) is 3.10. The quantitative estimate of drug-likeness (QED) is 0.859. The molecule has 0 unspecified atom stereocenters. The van der Waals surface area contributed by atoms with Gasteiger partial charge in [-0.2, -0.15) is 0 Å². The topological polar surface area (TPSA) is 68.2 Å². The molecule has 1 aromatic heterocycles. The summed E-state index contributed by atoms with van der Waals surface area (Å²) in [5.74, 6) is 0.840. The molecule has 2 N–H and O–H groups in total. The molecule has 0 bridgehead atoms. The normalized spacial score (nSPS) is 11.8. The van der Waals surface area contributed by atoms with Gasteiger partial charge in [0.15, 0.2) is 0 Å². The number of imidazole rings is 1. The molecule has 6 nitrogen and oxygen atoms in total. The number of methoxy groups -OCH3 is 1. The molecule has 0 aliphatic carbocycles. The summed E-state index contributed by atoms with van der Waals surface area (Å²) in [7, 11) is 1.54. The number of anilines is 1. The minimum Gasteiger partial charge on any atom is -0.495 e. The van der Waals surface area contributed by atoms with Crippen molar-refractivity contribution < 1.29 is 9.53 Å². The SMILES string of the molecule is COc1ccc(Cl)cc1NC(=O)NC[C@H](C)Cn1ccnc1. The van der Waals surface area contributed by atoms with Gasteiger partial charge in [-0.1, -0.05) is 18.5 Å². The zero-order valence-corrected chi connectivity index (χ0v) is 13.3. The van der Waals surface area contributed by atoms with Crippen LogP contribution < -0.4 is 15.4 Å². The van der Waals surface area contributed by atoms with Crippen molar-refractivity contribution in [1.29, 1.82) is 0 Å². The zero-order valence-electron chi connectivity index (χ0n) is 12.5. The van der Waals surface area contributed by atoms with Crippen LogP contribution in [0.1, 0.15) is 6.92 Å². The fourth-order valence-corrected chi connectivity index (χ4v) is 2.20. The molecule has 2 aromatic rings. The molecule has 0 saturated carbocycles. The van der Waals surface area contributed by atoms with Gasteiger partial charge in [-0.3, -0.25) is 0 Å². The molecule has 7 heteroatoms. The Hall–Kier alpha value is -2.21. The molecule has 1 aromatic carbocycles. The summed E-state index contributed by atoms with van der Waals surface area (Å²) >= 11 is 5.93. The van der Waals surface area contributed by atoms with Crippen LogP contribution in [0.2, 0.25) is 5.02 Å². The minimum atomic E-state index is -0.293. The monoisotopic (exact) mass is 322 g/mol. The smallest absolute Gasteiger partial charge is 0.319 e. The first-order chi connectivity index (χ1) is 10.6. The van der Waals surface area contributed by atoms with Crippen molar-refractivity contribution in [3.05, 3.63) is 41.9 Å². The lowest BCUT2D eigenvalue weighted by atomic mass is 10.2. The first kappa shape index (κ1) is 16.2. The molecule has 0 radical (unpaired) electrons. The van der Waals surface area contributed by atoms with E-state index in [9.17, 15) is 4.79 Å². The third-order valence-corrected chi connectivity index (χ3v) is 3.34. The van der Waals surface area contributed by atoms with Crippen molar-refractivity contribution in [2.24, 2.45) is 5.92 Å². The van der Waals surface area contributed by atoms with Gasteiger partial charge in [0.25, 0.3) is 0 Å². The number of halogens is 1. The van der Waals surface area contributed by atoms with Crippen molar-refractivity contribution in [3.63, 3.8) is 0 Å². The Morgan fingerprint density at radius 3 is 3.00 bits per heavy atom. The molecule has 0 aliphatic heterocycles. The van der Waals surface area contributed by atoms with Gasteiger partial charge in [0, 0.05) is 30.5 Å². The summed E-state index contributed by atoms with van der Waals surface area (Å²) in [6.07, 6.45) is 5.39. The standard InChI is InChI=1S/C15H19ClN4O2/c1-11(9-20-6-5-17-10-20)8-18-15(21)19-13-7-12(16)3-4-14(13)22-2/h3-7,10-11H,8-9H2,1-2H3,(H2,18,19,21)/t11-/m0/s1. The van der Waals surface area contributed by atoms with Gasteiger partial charge in [0.05, 0.1) is 19.1 Å². The maximum atomic E-state index is 12.0. The number of nitrogens with zero attached hydrogens (tertiary/aromatic N) is 2. The molecular formula is C15H19ClN4O2. The number of carbonyl (C=O) groups is 1. The van der Waals surface area contributed by atoms with E-state index < -0.39 is 0 Å². The highest BCUT2D eigenvalue weighted by atomic mass is 35.5. The lowest BCUT2D eigenvalue weighted by Gasteiger charge is -2.15. The Labute approximate surface area is 134 Å². The number of nitrogens with one attached hydrogen (secondary N) is 2. The predicted octanol–water partition coefficient (Wildman–Crippen LogP) is 3.00. The van der Waals surface area contributed by atoms with E-state index in [1.807, 2.05) is 10.8 Å². The van der Waals surface area contributed by atoms with E-state index in [2.05, 4.69) is 22.5 Å². The molecule has 2 rings (SSSR count). The molecular weight excluding hydrogens is 304 g/mol. The van der Waals surface area contributed by atoms with Crippen molar-refractivity contribution in [2.75, 3.05) is 19.0 Å². The first-order valence-corrected chi connectivity index (χ1v) is 7.30. The number of hydrogen-bond donors (Lipinski definition) is 2. The van der Waals surface area contributed by atoms with Crippen molar-refractivity contribution >= 4 is 23.3 Å². The van der Waals surface area contributed by atoms with Crippen molar-refractivity contribution in [2.45, 2.75) is 13.5 Å². The highest BCUT2D eigenvalue weighted by molar-refractivity contribution is 6.31. The highest BCUT2D eigenvalue weighted by Crippen LogP contribution is 2.27. The lowest BCUT2D eigenvalue weighted by molar-refractivity contribution is 0.249. The fourth-order valence-electron chi connectivity index (χ4n) is 2.03. The van der Waals surface area contributed by atoms with E-state index in [1.54, 1.807) is 37.8 Å². The third kappa shape index (κ3) is 4.66. The van der Waals surface area contributed by atoms with E-state index in [1.165, 1.54) is 0 Å². The summed E-state index contributed by atoms with van der Waals surface area (Å²) in [5.41, 5.74) is 0.537. The number of hydrogen-bond acceptors (Lipinski definition) is 3. The van der Waals surface area contributed by atoms with Crippen LogP contribution in [-0.2, 0) is 6.54 Å². The van der Waals surface area contributed by atoms with Gasteiger partial charge in [-0.15, -0.1) is 0 Å². The molecule has 118 valence electrons. The number of aromatic nitrogens is 2. The van der Waals surface area contributed by atoms with Crippen LogP contribution in [0.5, 0.6) is 5.75 Å². The highest BCUT2D eigenvalue weighted by Gasteiger charge is 2.10. The van der Waals surface area contributed by atoms with Crippen LogP contribution in [0.4, 0.5) is 10.5 Å². The number of amides is 2. The van der Waals surface area contributed by atoms with Gasteiger partial charge in [-0.05, 0) is 24.1 Å². The first-order valence-electron chi connectivity index (χ1n) is 6.92. The van der Waals surface area contributed by atoms with E-state index in [-0.39, 0.29) is 11.9 Å². The Morgan fingerprint density at radius 2 is 2.32 bits per heavy atom. The number of carbonyl (C=O) groups excluding carboxylic acids is 1. The molecule has 1 heterocycles. The van der Waals surface area contributed by atoms with Crippen LogP contribution in [-0.4, -0.2) is 29.2 Å². The second kappa shape index (κ2) is 7.70. The average molecular weight is 323 g/mol. The van der Waals surface area contributed by atoms with E-state index in [4.69, 9.17) is 16.3 Å². The number of urea groups is 1. The number of rotatable bonds is 6. The largest absolute Gasteiger partial charge is 0.495 e. The Kier molecular flexibility index (Phi) is 5.66. The minimum absolute atomic E-state index is 0.279. The number of benzene rings is 1. The molecule has 0 spiro atoms. The van der Waals surface area contributed by atoms with Crippen LogP contribution in [0.3, 0.4) is 0 Å². The maximum Gasteiger partial charge on any atom is 0.319 e. The summed E-state index contributed by atoms with van der Waals surface area (Å²) < 4.78 is 7.16.